The van der Waals surface area contributed by atoms with Crippen LogP contribution in [0.5, 0.6) is 0 Å². The topological polar surface area (TPSA) is 3.24 Å². The molecule has 0 saturated carbocycles. The molecule has 0 rings (SSSR count). The van der Waals surface area contributed by atoms with Crippen molar-refractivity contribution in [3.8, 4) is 0 Å². The first-order chi connectivity index (χ1) is 19.3. The monoisotopic (exact) mass is 548 g/mol. The largest absolute Gasteiger partial charge is 0.309 e. The van der Waals surface area contributed by atoms with Gasteiger partial charge in [-0.05, 0) is 52.7 Å². The van der Waals surface area contributed by atoms with E-state index in [1.54, 1.807) is 0 Å². The van der Waals surface area contributed by atoms with E-state index in [-0.39, 0.29) is 0 Å². The summed E-state index contributed by atoms with van der Waals surface area (Å²) in [6.45, 7) is 3.56. The second-order valence-electron chi connectivity index (χ2n) is 13.1. The van der Waals surface area contributed by atoms with Gasteiger partial charge in [0.2, 0.25) is 0 Å². The quantitative estimate of drug-likeness (QED) is 0.0572. The van der Waals surface area contributed by atoms with E-state index in [0.717, 1.165) is 0 Å². The Labute approximate surface area is 249 Å². The third kappa shape index (κ3) is 37.7. The van der Waals surface area contributed by atoms with Crippen molar-refractivity contribution < 1.29 is 0 Å². The van der Waals surface area contributed by atoms with Crippen LogP contribution in [0.1, 0.15) is 212 Å². The number of allylic oxidation sites excluding steroid dienone is 2. The first kappa shape index (κ1) is 38.7. The highest BCUT2D eigenvalue weighted by atomic mass is 15.0. The van der Waals surface area contributed by atoms with E-state index >= 15 is 0 Å². The van der Waals surface area contributed by atoms with Gasteiger partial charge in [-0.2, -0.15) is 0 Å². The summed E-state index contributed by atoms with van der Waals surface area (Å²) in [6, 6.07) is 0. The van der Waals surface area contributed by atoms with Gasteiger partial charge in [-0.25, -0.2) is 0 Å². The summed E-state index contributed by atoms with van der Waals surface area (Å²) in [5.74, 6) is 0. The molecule has 0 unspecified atom stereocenters. The lowest BCUT2D eigenvalue weighted by atomic mass is 10.0. The Morgan fingerprint density at radius 1 is 0.308 bits per heavy atom. The molecule has 39 heavy (non-hydrogen) atoms. The Morgan fingerprint density at radius 3 is 0.795 bits per heavy atom. The Kier molecular flexibility index (Phi) is 35.5. The molecule has 1 heteroatoms. The minimum absolute atomic E-state index is 1.26. The lowest BCUT2D eigenvalue weighted by Gasteiger charge is -2.08. The van der Waals surface area contributed by atoms with Crippen LogP contribution in [0, 0.1) is 0 Å². The van der Waals surface area contributed by atoms with Crippen molar-refractivity contribution >= 4 is 0 Å². The standard InChI is InChI=1S/C38H77N/c1-4-5-6-7-8-9-10-11-12-13-14-15-16-17-18-19-20-21-22-23-24-25-26-27-28-29-30-31-32-33-34-35-36-37-38-39(2)3/h11-12H,4-10,13-38H2,1-3H3/b12-11-. The van der Waals surface area contributed by atoms with Crippen molar-refractivity contribution in [1.82, 2.24) is 4.90 Å². The second kappa shape index (κ2) is 35.7. The van der Waals surface area contributed by atoms with Crippen LogP contribution in [0.3, 0.4) is 0 Å². The molecule has 0 atom stereocenters. The SMILES string of the molecule is CCCCCCCC/C=C\CCCCCCCCCCCCCCCCCCCCCCCCCCN(C)C. The molecule has 0 spiro atoms. The first-order valence-electron chi connectivity index (χ1n) is 18.6. The van der Waals surface area contributed by atoms with Gasteiger partial charge in [0.1, 0.15) is 0 Å². The van der Waals surface area contributed by atoms with E-state index in [0.29, 0.717) is 0 Å². The summed E-state index contributed by atoms with van der Waals surface area (Å²) >= 11 is 0. The van der Waals surface area contributed by atoms with Gasteiger partial charge < -0.3 is 4.90 Å². The van der Waals surface area contributed by atoms with E-state index in [1.807, 2.05) is 0 Å². The molecule has 0 amide bonds. The highest BCUT2D eigenvalue weighted by Gasteiger charge is 1.97. The fourth-order valence-electron chi connectivity index (χ4n) is 5.86. The van der Waals surface area contributed by atoms with E-state index in [2.05, 4.69) is 38.1 Å². The maximum Gasteiger partial charge on any atom is -0.00248 e. The molecule has 0 aliphatic carbocycles. The van der Waals surface area contributed by atoms with Gasteiger partial charge in [0, 0.05) is 0 Å². The first-order valence-corrected chi connectivity index (χ1v) is 18.6. The van der Waals surface area contributed by atoms with Crippen LogP contribution in [-0.2, 0) is 0 Å². The maximum atomic E-state index is 2.45. The predicted octanol–water partition coefficient (Wildman–Crippen LogP) is 13.6. The van der Waals surface area contributed by atoms with Crippen molar-refractivity contribution in [2.45, 2.75) is 212 Å². The van der Waals surface area contributed by atoms with Crippen molar-refractivity contribution in [2.75, 3.05) is 20.6 Å². The summed E-state index contributed by atoms with van der Waals surface area (Å²) in [5.41, 5.74) is 0. The molecule has 0 saturated heterocycles. The number of unbranched alkanes of at least 4 members (excludes halogenated alkanes) is 30. The molecule has 0 fully saturated rings. The Balaban J connectivity index is 3.06. The molecule has 0 heterocycles. The van der Waals surface area contributed by atoms with E-state index in [1.165, 1.54) is 212 Å². The van der Waals surface area contributed by atoms with Crippen LogP contribution in [0.15, 0.2) is 12.2 Å². The minimum Gasteiger partial charge on any atom is -0.309 e. The summed E-state index contributed by atoms with van der Waals surface area (Å²) in [7, 11) is 4.37. The zero-order valence-corrected chi connectivity index (χ0v) is 27.9. The molecule has 0 aliphatic heterocycles. The normalized spacial score (nSPS) is 11.9. The Morgan fingerprint density at radius 2 is 0.538 bits per heavy atom. The van der Waals surface area contributed by atoms with Crippen molar-refractivity contribution in [3.63, 3.8) is 0 Å². The zero-order valence-electron chi connectivity index (χ0n) is 27.9. The molecule has 0 aromatic heterocycles. The molecule has 0 bridgehead atoms. The number of nitrogens with zero attached hydrogens (tertiary/aromatic N) is 1. The van der Waals surface area contributed by atoms with Crippen LogP contribution >= 0.6 is 0 Å². The van der Waals surface area contributed by atoms with Gasteiger partial charge in [-0.1, -0.05) is 192 Å². The molecular weight excluding hydrogens is 470 g/mol. The van der Waals surface area contributed by atoms with Gasteiger partial charge in [-0.3, -0.25) is 0 Å². The van der Waals surface area contributed by atoms with Gasteiger partial charge in [0.25, 0.3) is 0 Å². The van der Waals surface area contributed by atoms with E-state index in [4.69, 9.17) is 0 Å². The molecule has 1 nitrogen and oxygen atoms in total. The van der Waals surface area contributed by atoms with Crippen LogP contribution in [-0.4, -0.2) is 25.5 Å². The second-order valence-corrected chi connectivity index (χ2v) is 13.1. The summed E-state index contributed by atoms with van der Waals surface area (Å²) in [4.78, 5) is 2.31. The van der Waals surface area contributed by atoms with Crippen molar-refractivity contribution in [2.24, 2.45) is 0 Å². The Bertz CT molecular complexity index is 440. The van der Waals surface area contributed by atoms with Gasteiger partial charge in [0.05, 0.1) is 0 Å². The summed E-state index contributed by atoms with van der Waals surface area (Å²) in [6.07, 6.45) is 51.3. The van der Waals surface area contributed by atoms with Crippen molar-refractivity contribution in [3.05, 3.63) is 12.2 Å². The van der Waals surface area contributed by atoms with Gasteiger partial charge in [-0.15, -0.1) is 0 Å². The third-order valence-electron chi connectivity index (χ3n) is 8.62. The summed E-state index contributed by atoms with van der Waals surface area (Å²) < 4.78 is 0. The van der Waals surface area contributed by atoms with Crippen LogP contribution in [0.4, 0.5) is 0 Å². The number of rotatable bonds is 34. The average molecular weight is 548 g/mol. The zero-order chi connectivity index (χ0) is 28.3. The smallest absolute Gasteiger partial charge is 0.00248 e. The average Bonchev–Trinajstić information content (AvgIpc) is 2.93. The minimum atomic E-state index is 1.26. The number of hydrogen-bond donors (Lipinski definition) is 0. The van der Waals surface area contributed by atoms with Crippen molar-refractivity contribution in [1.29, 1.82) is 0 Å². The molecule has 0 N–H and O–H groups in total. The summed E-state index contributed by atoms with van der Waals surface area (Å²) in [5, 5.41) is 0. The maximum absolute atomic E-state index is 2.45. The molecular formula is C38H77N. The number of hydrogen-bond acceptors (Lipinski definition) is 1. The van der Waals surface area contributed by atoms with Crippen LogP contribution in [0.2, 0.25) is 0 Å². The lowest BCUT2D eigenvalue weighted by Crippen LogP contribution is -2.12. The molecule has 0 aromatic carbocycles. The third-order valence-corrected chi connectivity index (χ3v) is 8.62. The van der Waals surface area contributed by atoms with Crippen LogP contribution < -0.4 is 0 Å². The lowest BCUT2D eigenvalue weighted by molar-refractivity contribution is 0.389. The Hall–Kier alpha value is -0.300. The van der Waals surface area contributed by atoms with Crippen LogP contribution in [0.25, 0.3) is 0 Å². The van der Waals surface area contributed by atoms with Gasteiger partial charge >= 0.3 is 0 Å². The predicted molar refractivity (Wildman–Crippen MR) is 181 cm³/mol. The molecule has 0 aromatic rings. The van der Waals surface area contributed by atoms with Gasteiger partial charge in [0.15, 0.2) is 0 Å². The fourth-order valence-corrected chi connectivity index (χ4v) is 5.86. The highest BCUT2D eigenvalue weighted by molar-refractivity contribution is 4.81. The molecule has 0 aliphatic rings. The van der Waals surface area contributed by atoms with E-state index in [9.17, 15) is 0 Å². The fraction of sp³-hybridized carbons (Fsp3) is 0.947. The van der Waals surface area contributed by atoms with E-state index < -0.39 is 0 Å². The molecule has 0 radical (unpaired) electrons. The highest BCUT2D eigenvalue weighted by Crippen LogP contribution is 2.16. The molecule has 234 valence electrons.